The van der Waals surface area contributed by atoms with Crippen molar-refractivity contribution in [3.8, 4) is 0 Å². The van der Waals surface area contributed by atoms with Crippen molar-refractivity contribution in [2.75, 3.05) is 0 Å². The van der Waals surface area contributed by atoms with E-state index in [1.807, 2.05) is 0 Å². The van der Waals surface area contributed by atoms with Gasteiger partial charge in [-0.2, -0.15) is 0 Å². The number of fused-ring (bicyclic) bond motifs is 1. The van der Waals surface area contributed by atoms with E-state index in [4.69, 9.17) is 5.73 Å². The van der Waals surface area contributed by atoms with Gasteiger partial charge in [-0.15, -0.1) is 10.2 Å². The third-order valence-electron chi connectivity index (χ3n) is 3.32. The predicted octanol–water partition coefficient (Wildman–Crippen LogP) is 1.02. The van der Waals surface area contributed by atoms with Gasteiger partial charge in [0.1, 0.15) is 11.6 Å². The predicted molar refractivity (Wildman–Crippen MR) is 52.6 cm³/mol. The molecule has 0 aromatic carbocycles. The molecule has 14 heavy (non-hydrogen) atoms. The largest absolute Gasteiger partial charge is 0.321 e. The molecule has 3 rings (SSSR count). The molecular weight excluding hydrogens is 176 g/mol. The average molecular weight is 192 g/mol. The molecule has 2 aliphatic rings. The Morgan fingerprint density at radius 1 is 1.29 bits per heavy atom. The first-order valence-electron chi connectivity index (χ1n) is 5.54. The van der Waals surface area contributed by atoms with E-state index < -0.39 is 0 Å². The van der Waals surface area contributed by atoms with E-state index in [1.165, 1.54) is 25.7 Å². The van der Waals surface area contributed by atoms with Crippen molar-refractivity contribution in [3.05, 3.63) is 11.6 Å². The molecule has 0 amide bonds. The smallest absolute Gasteiger partial charge is 0.150 e. The van der Waals surface area contributed by atoms with Crippen LogP contribution in [0.25, 0.3) is 0 Å². The molecule has 1 unspecified atom stereocenters. The molecule has 0 saturated heterocycles. The van der Waals surface area contributed by atoms with E-state index >= 15 is 0 Å². The van der Waals surface area contributed by atoms with Crippen LogP contribution in [0.2, 0.25) is 0 Å². The Bertz CT molecular complexity index is 340. The lowest BCUT2D eigenvalue weighted by Gasteiger charge is -2.17. The molecule has 1 aliphatic carbocycles. The lowest BCUT2D eigenvalue weighted by molar-refractivity contribution is 0.476. The molecule has 1 aromatic rings. The minimum absolute atomic E-state index is 0.134. The number of nitrogens with two attached hydrogens (primary N) is 1. The highest BCUT2D eigenvalue weighted by molar-refractivity contribution is 5.06. The molecule has 4 heteroatoms. The molecule has 0 spiro atoms. The van der Waals surface area contributed by atoms with Gasteiger partial charge in [-0.25, -0.2) is 0 Å². The zero-order valence-electron chi connectivity index (χ0n) is 8.32. The summed E-state index contributed by atoms with van der Waals surface area (Å²) < 4.78 is 2.24. The van der Waals surface area contributed by atoms with Crippen LogP contribution in [0.3, 0.4) is 0 Å². The van der Waals surface area contributed by atoms with Gasteiger partial charge in [0.2, 0.25) is 0 Å². The average Bonchev–Trinajstić information content (AvgIpc) is 2.97. The Morgan fingerprint density at radius 3 is 2.93 bits per heavy atom. The summed E-state index contributed by atoms with van der Waals surface area (Å²) in [5, 5.41) is 8.47. The van der Waals surface area contributed by atoms with Gasteiger partial charge >= 0.3 is 0 Å². The molecule has 2 N–H and O–H groups in total. The highest BCUT2D eigenvalue weighted by Gasteiger charge is 2.33. The molecule has 2 heterocycles. The van der Waals surface area contributed by atoms with Crippen LogP contribution in [-0.4, -0.2) is 14.8 Å². The van der Waals surface area contributed by atoms with Gasteiger partial charge < -0.3 is 10.3 Å². The summed E-state index contributed by atoms with van der Waals surface area (Å²) in [5.41, 5.74) is 6.15. The third-order valence-corrected chi connectivity index (χ3v) is 3.32. The van der Waals surface area contributed by atoms with Crippen LogP contribution < -0.4 is 5.73 Å². The fraction of sp³-hybridized carbons (Fsp3) is 0.800. The summed E-state index contributed by atoms with van der Waals surface area (Å²) in [6, 6.07) is 0.134. The maximum Gasteiger partial charge on any atom is 0.150 e. The number of aryl methyl sites for hydroxylation is 1. The van der Waals surface area contributed by atoms with Crippen LogP contribution in [0.4, 0.5) is 0 Å². The second-order valence-corrected chi connectivity index (χ2v) is 4.45. The zero-order valence-corrected chi connectivity index (χ0v) is 8.32. The quantitative estimate of drug-likeness (QED) is 0.761. The highest BCUT2D eigenvalue weighted by Crippen LogP contribution is 2.39. The summed E-state index contributed by atoms with van der Waals surface area (Å²) >= 11 is 0. The molecule has 0 bridgehead atoms. The summed E-state index contributed by atoms with van der Waals surface area (Å²) in [7, 11) is 0. The van der Waals surface area contributed by atoms with Crippen molar-refractivity contribution in [1.29, 1.82) is 0 Å². The van der Waals surface area contributed by atoms with Gasteiger partial charge in [0.05, 0.1) is 6.04 Å². The van der Waals surface area contributed by atoms with Crippen molar-refractivity contribution in [2.24, 2.45) is 11.7 Å². The SMILES string of the molecule is NC(c1nnc2n1CCCC2)C1CC1. The molecule has 1 aliphatic heterocycles. The number of hydrogen-bond acceptors (Lipinski definition) is 3. The first-order chi connectivity index (χ1) is 6.86. The topological polar surface area (TPSA) is 56.7 Å². The molecule has 1 saturated carbocycles. The van der Waals surface area contributed by atoms with Crippen molar-refractivity contribution < 1.29 is 0 Å². The molecule has 1 aromatic heterocycles. The van der Waals surface area contributed by atoms with Gasteiger partial charge in [0, 0.05) is 13.0 Å². The van der Waals surface area contributed by atoms with Crippen molar-refractivity contribution in [3.63, 3.8) is 0 Å². The molecular formula is C10H16N4. The van der Waals surface area contributed by atoms with E-state index in [9.17, 15) is 0 Å². The maximum absolute atomic E-state index is 6.15. The third kappa shape index (κ3) is 1.25. The van der Waals surface area contributed by atoms with E-state index in [0.29, 0.717) is 5.92 Å². The second-order valence-electron chi connectivity index (χ2n) is 4.45. The van der Waals surface area contributed by atoms with Crippen LogP contribution in [0.1, 0.15) is 43.4 Å². The van der Waals surface area contributed by atoms with E-state index in [1.54, 1.807) is 0 Å². The molecule has 0 radical (unpaired) electrons. The lowest BCUT2D eigenvalue weighted by atomic mass is 10.1. The molecule has 1 fully saturated rings. The summed E-state index contributed by atoms with van der Waals surface area (Å²) in [5.74, 6) is 2.84. The fourth-order valence-corrected chi connectivity index (χ4v) is 2.24. The van der Waals surface area contributed by atoms with Crippen LogP contribution >= 0.6 is 0 Å². The monoisotopic (exact) mass is 192 g/mol. The van der Waals surface area contributed by atoms with Crippen molar-refractivity contribution in [2.45, 2.75) is 44.7 Å². The number of hydrogen-bond donors (Lipinski definition) is 1. The van der Waals surface area contributed by atoms with E-state index in [2.05, 4.69) is 14.8 Å². The van der Waals surface area contributed by atoms with E-state index in [-0.39, 0.29) is 6.04 Å². The van der Waals surface area contributed by atoms with E-state index in [0.717, 1.165) is 24.6 Å². The van der Waals surface area contributed by atoms with Crippen LogP contribution in [0.15, 0.2) is 0 Å². The van der Waals surface area contributed by atoms with Gasteiger partial charge in [0.25, 0.3) is 0 Å². The summed E-state index contributed by atoms with van der Waals surface area (Å²) in [4.78, 5) is 0. The number of nitrogens with zero attached hydrogens (tertiary/aromatic N) is 3. The standard InChI is InChI=1S/C10H16N4/c11-9(7-4-5-7)10-13-12-8-3-1-2-6-14(8)10/h7,9H,1-6,11H2. The Hall–Kier alpha value is -0.900. The molecule has 1 atom stereocenters. The van der Waals surface area contributed by atoms with Crippen molar-refractivity contribution in [1.82, 2.24) is 14.8 Å². The van der Waals surface area contributed by atoms with Gasteiger partial charge in [-0.05, 0) is 31.6 Å². The Balaban J connectivity index is 1.92. The molecule has 76 valence electrons. The first kappa shape index (κ1) is 8.41. The fourth-order valence-electron chi connectivity index (χ4n) is 2.24. The summed E-state index contributed by atoms with van der Waals surface area (Å²) in [6.07, 6.45) is 6.10. The highest BCUT2D eigenvalue weighted by atomic mass is 15.3. The zero-order chi connectivity index (χ0) is 9.54. The van der Waals surface area contributed by atoms with Gasteiger partial charge in [-0.1, -0.05) is 0 Å². The van der Waals surface area contributed by atoms with Crippen molar-refractivity contribution >= 4 is 0 Å². The van der Waals surface area contributed by atoms with Gasteiger partial charge in [-0.3, -0.25) is 0 Å². The minimum atomic E-state index is 0.134. The van der Waals surface area contributed by atoms with Crippen LogP contribution in [-0.2, 0) is 13.0 Å². The van der Waals surface area contributed by atoms with Crippen LogP contribution in [0.5, 0.6) is 0 Å². The molecule has 4 nitrogen and oxygen atoms in total. The maximum atomic E-state index is 6.15. The Labute approximate surface area is 83.5 Å². The second kappa shape index (κ2) is 3.05. The minimum Gasteiger partial charge on any atom is -0.321 e. The van der Waals surface area contributed by atoms with Gasteiger partial charge in [0.15, 0.2) is 0 Å². The Morgan fingerprint density at radius 2 is 2.14 bits per heavy atom. The Kier molecular flexibility index (Phi) is 1.83. The first-order valence-corrected chi connectivity index (χ1v) is 5.54. The summed E-state index contributed by atoms with van der Waals surface area (Å²) in [6.45, 7) is 1.07. The number of rotatable bonds is 2. The lowest BCUT2D eigenvalue weighted by Crippen LogP contribution is -2.21. The van der Waals surface area contributed by atoms with Crippen LogP contribution in [0, 0.1) is 5.92 Å². The number of aromatic nitrogens is 3. The normalized spacial score (nSPS) is 23.2.